The summed E-state index contributed by atoms with van der Waals surface area (Å²) in [6, 6.07) is 3.83. The van der Waals surface area contributed by atoms with E-state index in [1.807, 2.05) is 37.1 Å². The van der Waals surface area contributed by atoms with Gasteiger partial charge in [0.2, 0.25) is 0 Å². The van der Waals surface area contributed by atoms with E-state index in [0.717, 1.165) is 17.5 Å². The van der Waals surface area contributed by atoms with Crippen LogP contribution in [0.4, 0.5) is 5.69 Å². The zero-order valence-corrected chi connectivity index (χ0v) is 18.6. The molecule has 0 spiro atoms. The minimum atomic E-state index is -1.85. The average molecular weight is 375 g/mol. The van der Waals surface area contributed by atoms with Crippen molar-refractivity contribution in [3.63, 3.8) is 0 Å². The van der Waals surface area contributed by atoms with E-state index in [-0.39, 0.29) is 17.0 Å². The predicted molar refractivity (Wildman–Crippen MR) is 112 cm³/mol. The number of hydrogen-bond donors (Lipinski definition) is 1. The molecule has 0 bridgehead atoms. The van der Waals surface area contributed by atoms with Gasteiger partial charge in [0.25, 0.3) is 5.91 Å². The first kappa shape index (κ1) is 20.7. The molecule has 0 saturated carbocycles. The Morgan fingerprint density at radius 1 is 1.23 bits per heavy atom. The van der Waals surface area contributed by atoms with E-state index in [1.165, 1.54) is 5.57 Å². The number of carbonyl (C=O) groups excluding carboxylic acids is 1. The molecular formula is C21H34N2O2Si. The Kier molecular flexibility index (Phi) is 5.73. The van der Waals surface area contributed by atoms with Gasteiger partial charge in [-0.1, -0.05) is 26.3 Å². The highest BCUT2D eigenvalue weighted by atomic mass is 28.4. The smallest absolute Gasteiger partial charge is 0.260 e. The van der Waals surface area contributed by atoms with Gasteiger partial charge >= 0.3 is 0 Å². The Morgan fingerprint density at radius 2 is 1.81 bits per heavy atom. The average Bonchev–Trinajstić information content (AvgIpc) is 2.88. The predicted octanol–water partition coefficient (Wildman–Crippen LogP) is 5.03. The molecule has 26 heavy (non-hydrogen) atoms. The fraction of sp³-hybridized carbons (Fsp3) is 0.571. The van der Waals surface area contributed by atoms with Crippen LogP contribution in [0.25, 0.3) is 0 Å². The highest BCUT2D eigenvalue weighted by Crippen LogP contribution is 2.37. The monoisotopic (exact) mass is 374 g/mol. The van der Waals surface area contributed by atoms with Crippen molar-refractivity contribution in [3.8, 4) is 0 Å². The third-order valence-corrected chi connectivity index (χ3v) is 10.4. The summed E-state index contributed by atoms with van der Waals surface area (Å²) < 4.78 is 6.40. The van der Waals surface area contributed by atoms with Crippen molar-refractivity contribution in [1.29, 1.82) is 0 Å². The number of amides is 1. The standard InChI is InChI=1S/C21H34N2O2Si/c1-14-9-17(13-25-26(7,8)21(4,5)6)23(12-14)20(24)18-10-15(2)16(3)11-19(18)22/h10-12,17H,9,13,22H2,1-8H3. The number of nitrogens with zero attached hydrogens (tertiary/aromatic N) is 1. The molecule has 1 aromatic carbocycles. The number of hydrogen-bond acceptors (Lipinski definition) is 3. The summed E-state index contributed by atoms with van der Waals surface area (Å²) in [4.78, 5) is 15.0. The second-order valence-electron chi connectivity index (χ2n) is 9.14. The number of anilines is 1. The minimum Gasteiger partial charge on any atom is -0.415 e. The van der Waals surface area contributed by atoms with Gasteiger partial charge in [-0.25, -0.2) is 0 Å². The molecule has 1 amide bonds. The number of aryl methyl sites for hydroxylation is 2. The summed E-state index contributed by atoms with van der Waals surface area (Å²) in [5.41, 5.74) is 10.6. The van der Waals surface area contributed by atoms with Crippen LogP contribution in [0.1, 0.15) is 55.6 Å². The summed E-state index contributed by atoms with van der Waals surface area (Å²) in [5.74, 6) is -0.0359. The van der Waals surface area contributed by atoms with E-state index in [9.17, 15) is 4.79 Å². The zero-order chi connectivity index (χ0) is 19.9. The molecule has 1 aliphatic rings. The molecule has 1 atom stereocenters. The van der Waals surface area contributed by atoms with Gasteiger partial charge in [-0.05, 0) is 68.6 Å². The number of nitrogen functional groups attached to an aromatic ring is 1. The van der Waals surface area contributed by atoms with Crippen LogP contribution in [-0.2, 0) is 4.43 Å². The second-order valence-corrected chi connectivity index (χ2v) is 14.0. The Balaban J connectivity index is 2.21. The minimum absolute atomic E-state index is 0.0359. The van der Waals surface area contributed by atoms with Gasteiger partial charge in [0, 0.05) is 11.9 Å². The van der Waals surface area contributed by atoms with Crippen LogP contribution in [0.2, 0.25) is 18.1 Å². The van der Waals surface area contributed by atoms with Crippen LogP contribution >= 0.6 is 0 Å². The van der Waals surface area contributed by atoms with Crippen molar-refractivity contribution >= 4 is 19.9 Å². The molecule has 4 nitrogen and oxygen atoms in total. The largest absolute Gasteiger partial charge is 0.415 e. The molecular weight excluding hydrogens is 340 g/mol. The first-order valence-corrected chi connectivity index (χ1v) is 12.2. The normalized spacial score (nSPS) is 18.2. The van der Waals surface area contributed by atoms with Crippen molar-refractivity contribution in [2.45, 2.75) is 72.1 Å². The molecule has 1 heterocycles. The lowest BCUT2D eigenvalue weighted by molar-refractivity contribution is 0.0738. The summed E-state index contributed by atoms with van der Waals surface area (Å²) >= 11 is 0. The van der Waals surface area contributed by atoms with Gasteiger partial charge in [0.05, 0.1) is 18.2 Å². The van der Waals surface area contributed by atoms with Crippen molar-refractivity contribution in [2.75, 3.05) is 12.3 Å². The van der Waals surface area contributed by atoms with Crippen LogP contribution in [0.3, 0.4) is 0 Å². The van der Waals surface area contributed by atoms with Crippen molar-refractivity contribution < 1.29 is 9.22 Å². The maximum Gasteiger partial charge on any atom is 0.260 e. The maximum absolute atomic E-state index is 13.2. The van der Waals surface area contributed by atoms with Crippen LogP contribution in [0, 0.1) is 13.8 Å². The number of carbonyl (C=O) groups is 1. The molecule has 0 radical (unpaired) electrons. The quantitative estimate of drug-likeness (QED) is 0.594. The van der Waals surface area contributed by atoms with Crippen molar-refractivity contribution in [3.05, 3.63) is 40.6 Å². The lowest BCUT2D eigenvalue weighted by Crippen LogP contribution is -2.45. The molecule has 2 N–H and O–H groups in total. The van der Waals surface area contributed by atoms with Gasteiger partial charge in [0.15, 0.2) is 8.32 Å². The highest BCUT2D eigenvalue weighted by Gasteiger charge is 2.39. The van der Waals surface area contributed by atoms with Crippen molar-refractivity contribution in [2.24, 2.45) is 0 Å². The Labute approximate surface area is 159 Å². The molecule has 0 aliphatic carbocycles. The highest BCUT2D eigenvalue weighted by molar-refractivity contribution is 6.74. The summed E-state index contributed by atoms with van der Waals surface area (Å²) in [5, 5.41) is 0.154. The van der Waals surface area contributed by atoms with E-state index < -0.39 is 8.32 Å². The molecule has 1 aliphatic heterocycles. The fourth-order valence-electron chi connectivity index (χ4n) is 2.91. The topological polar surface area (TPSA) is 55.6 Å². The third kappa shape index (κ3) is 4.21. The molecule has 0 saturated heterocycles. The molecule has 0 aromatic heterocycles. The van der Waals surface area contributed by atoms with Gasteiger partial charge in [-0.3, -0.25) is 4.79 Å². The van der Waals surface area contributed by atoms with E-state index in [2.05, 4.69) is 40.8 Å². The number of benzene rings is 1. The summed E-state index contributed by atoms with van der Waals surface area (Å²) in [6.07, 6.45) is 2.81. The van der Waals surface area contributed by atoms with Crippen LogP contribution in [-0.4, -0.2) is 31.8 Å². The molecule has 144 valence electrons. The number of nitrogens with two attached hydrogens (primary N) is 1. The molecule has 1 aromatic rings. The van der Waals surface area contributed by atoms with Gasteiger partial charge in [0.1, 0.15) is 0 Å². The Bertz CT molecular complexity index is 732. The van der Waals surface area contributed by atoms with Crippen LogP contribution < -0.4 is 5.73 Å². The van der Waals surface area contributed by atoms with E-state index in [1.54, 1.807) is 0 Å². The molecule has 0 fully saturated rings. The summed E-state index contributed by atoms with van der Waals surface area (Å²) in [6.45, 7) is 17.8. The maximum atomic E-state index is 13.2. The van der Waals surface area contributed by atoms with Crippen molar-refractivity contribution in [1.82, 2.24) is 4.90 Å². The molecule has 2 rings (SSSR count). The third-order valence-electron chi connectivity index (χ3n) is 5.88. The Hall–Kier alpha value is -1.59. The summed E-state index contributed by atoms with van der Waals surface area (Å²) in [7, 11) is -1.85. The van der Waals surface area contributed by atoms with E-state index >= 15 is 0 Å². The van der Waals surface area contributed by atoms with Crippen LogP contribution in [0.5, 0.6) is 0 Å². The molecule has 5 heteroatoms. The zero-order valence-electron chi connectivity index (χ0n) is 17.6. The van der Waals surface area contributed by atoms with Gasteiger partial charge < -0.3 is 15.1 Å². The lowest BCUT2D eigenvalue weighted by Gasteiger charge is -2.38. The second kappa shape index (κ2) is 7.20. The first-order valence-electron chi connectivity index (χ1n) is 9.34. The lowest BCUT2D eigenvalue weighted by atomic mass is 10.0. The van der Waals surface area contributed by atoms with Crippen LogP contribution in [0.15, 0.2) is 23.9 Å². The van der Waals surface area contributed by atoms with Gasteiger partial charge in [-0.15, -0.1) is 0 Å². The first-order chi connectivity index (χ1) is 11.8. The Morgan fingerprint density at radius 3 is 2.38 bits per heavy atom. The van der Waals surface area contributed by atoms with E-state index in [0.29, 0.717) is 17.9 Å². The molecule has 1 unspecified atom stereocenters. The van der Waals surface area contributed by atoms with Gasteiger partial charge in [-0.2, -0.15) is 0 Å². The number of rotatable bonds is 4. The van der Waals surface area contributed by atoms with E-state index in [4.69, 9.17) is 10.2 Å². The SMILES string of the molecule is CC1=CN(C(=O)c2cc(C)c(C)cc2N)C(CO[Si](C)(C)C(C)(C)C)C1. The fourth-order valence-corrected chi connectivity index (χ4v) is 3.96.